The predicted molar refractivity (Wildman–Crippen MR) is 104 cm³/mol. The molecule has 7 nitrogen and oxygen atoms in total. The van der Waals surface area contributed by atoms with Gasteiger partial charge in [-0.1, -0.05) is 22.8 Å². The van der Waals surface area contributed by atoms with Gasteiger partial charge < -0.3 is 10.6 Å². The largest absolute Gasteiger partial charge is 0.340 e. The molecule has 0 spiro atoms. The van der Waals surface area contributed by atoms with Crippen LogP contribution in [-0.4, -0.2) is 9.97 Å². The van der Waals surface area contributed by atoms with Crippen molar-refractivity contribution in [3.8, 4) is 0 Å². The lowest BCUT2D eigenvalue weighted by Gasteiger charge is -2.14. The third kappa shape index (κ3) is 4.09. The highest BCUT2D eigenvalue weighted by molar-refractivity contribution is 5.68. The zero-order chi connectivity index (χ0) is 18.5. The Morgan fingerprint density at radius 3 is 2.31 bits per heavy atom. The number of aromatic nitrogens is 2. The van der Waals surface area contributed by atoms with Crippen molar-refractivity contribution in [3.63, 3.8) is 0 Å². The topological polar surface area (TPSA) is 98.6 Å². The van der Waals surface area contributed by atoms with Gasteiger partial charge in [0.2, 0.25) is 5.95 Å². The SMILES string of the molecule is Cc1ccc(Nc2nccc(Nc3c(C)cc(N=[N+]=[N-])cc3C)n2)cc1. The molecule has 3 rings (SSSR count). The Morgan fingerprint density at radius 1 is 0.962 bits per heavy atom. The molecular weight excluding hydrogens is 326 g/mol. The van der Waals surface area contributed by atoms with Crippen LogP contribution in [0.3, 0.4) is 0 Å². The Kier molecular flexibility index (Phi) is 5.01. The summed E-state index contributed by atoms with van der Waals surface area (Å²) in [5, 5.41) is 10.2. The van der Waals surface area contributed by atoms with Gasteiger partial charge in [-0.3, -0.25) is 0 Å². The molecule has 0 aliphatic carbocycles. The van der Waals surface area contributed by atoms with Gasteiger partial charge in [-0.15, -0.1) is 0 Å². The molecule has 26 heavy (non-hydrogen) atoms. The Bertz CT molecular complexity index is 950. The van der Waals surface area contributed by atoms with Gasteiger partial charge in [-0.25, -0.2) is 4.98 Å². The minimum atomic E-state index is 0.514. The van der Waals surface area contributed by atoms with E-state index in [2.05, 4.69) is 30.6 Å². The van der Waals surface area contributed by atoms with Crippen molar-refractivity contribution in [1.29, 1.82) is 0 Å². The molecule has 0 aliphatic heterocycles. The average molecular weight is 345 g/mol. The van der Waals surface area contributed by atoms with Crippen LogP contribution in [0.15, 0.2) is 53.8 Å². The summed E-state index contributed by atoms with van der Waals surface area (Å²) in [4.78, 5) is 11.6. The molecule has 2 aromatic carbocycles. The third-order valence-corrected chi connectivity index (χ3v) is 3.89. The smallest absolute Gasteiger partial charge is 0.229 e. The molecule has 0 unspecified atom stereocenters. The van der Waals surface area contributed by atoms with Crippen molar-refractivity contribution in [3.05, 3.63) is 75.8 Å². The van der Waals surface area contributed by atoms with Crippen molar-refractivity contribution in [2.45, 2.75) is 20.8 Å². The van der Waals surface area contributed by atoms with Gasteiger partial charge in [-0.05, 0) is 67.8 Å². The number of anilines is 4. The van der Waals surface area contributed by atoms with E-state index in [1.807, 2.05) is 57.2 Å². The van der Waals surface area contributed by atoms with Crippen molar-refractivity contribution >= 4 is 28.8 Å². The fraction of sp³-hybridized carbons (Fsp3) is 0.158. The van der Waals surface area contributed by atoms with Gasteiger partial charge in [0.25, 0.3) is 0 Å². The lowest BCUT2D eigenvalue weighted by Crippen LogP contribution is -2.02. The van der Waals surface area contributed by atoms with Crippen LogP contribution in [-0.2, 0) is 0 Å². The second-order valence-electron chi connectivity index (χ2n) is 6.03. The molecule has 0 fully saturated rings. The van der Waals surface area contributed by atoms with Crippen LogP contribution in [0, 0.1) is 20.8 Å². The number of benzene rings is 2. The highest BCUT2D eigenvalue weighted by Crippen LogP contribution is 2.29. The van der Waals surface area contributed by atoms with E-state index in [0.29, 0.717) is 17.5 Å². The molecule has 0 radical (unpaired) electrons. The lowest BCUT2D eigenvalue weighted by molar-refractivity contribution is 1.16. The maximum Gasteiger partial charge on any atom is 0.229 e. The first-order valence-corrected chi connectivity index (χ1v) is 8.15. The summed E-state index contributed by atoms with van der Waals surface area (Å²) in [5.74, 6) is 1.19. The molecule has 0 bridgehead atoms. The van der Waals surface area contributed by atoms with Crippen molar-refractivity contribution in [2.24, 2.45) is 5.11 Å². The molecule has 0 saturated heterocycles. The number of nitrogens with zero attached hydrogens (tertiary/aromatic N) is 5. The van der Waals surface area contributed by atoms with E-state index in [1.165, 1.54) is 5.56 Å². The van der Waals surface area contributed by atoms with Gasteiger partial charge >= 0.3 is 0 Å². The molecular formula is C19H19N7. The van der Waals surface area contributed by atoms with Crippen LogP contribution in [0.5, 0.6) is 0 Å². The van der Waals surface area contributed by atoms with Crippen LogP contribution >= 0.6 is 0 Å². The van der Waals surface area contributed by atoms with E-state index in [0.717, 1.165) is 22.5 Å². The summed E-state index contributed by atoms with van der Waals surface area (Å²) >= 11 is 0. The second kappa shape index (κ2) is 7.55. The van der Waals surface area contributed by atoms with E-state index in [-0.39, 0.29) is 0 Å². The highest BCUT2D eigenvalue weighted by atomic mass is 15.1. The van der Waals surface area contributed by atoms with E-state index < -0.39 is 0 Å². The molecule has 1 aromatic heterocycles. The Morgan fingerprint density at radius 2 is 1.65 bits per heavy atom. The van der Waals surface area contributed by atoms with Gasteiger partial charge in [0.1, 0.15) is 5.82 Å². The molecule has 1 heterocycles. The number of azide groups is 1. The van der Waals surface area contributed by atoms with Crippen LogP contribution in [0.4, 0.5) is 28.8 Å². The summed E-state index contributed by atoms with van der Waals surface area (Å²) < 4.78 is 0. The second-order valence-corrected chi connectivity index (χ2v) is 6.03. The highest BCUT2D eigenvalue weighted by Gasteiger charge is 2.07. The zero-order valence-electron chi connectivity index (χ0n) is 14.9. The predicted octanol–water partition coefficient (Wildman–Crippen LogP) is 5.83. The minimum Gasteiger partial charge on any atom is -0.340 e. The lowest BCUT2D eigenvalue weighted by atomic mass is 10.1. The first kappa shape index (κ1) is 17.3. The van der Waals surface area contributed by atoms with Crippen LogP contribution in [0.2, 0.25) is 0 Å². The fourth-order valence-corrected chi connectivity index (χ4v) is 2.63. The van der Waals surface area contributed by atoms with E-state index in [1.54, 1.807) is 12.3 Å². The minimum absolute atomic E-state index is 0.514. The number of nitrogens with one attached hydrogen (secondary N) is 2. The van der Waals surface area contributed by atoms with Crippen molar-refractivity contribution in [2.75, 3.05) is 10.6 Å². The number of hydrogen-bond acceptors (Lipinski definition) is 5. The third-order valence-electron chi connectivity index (χ3n) is 3.89. The maximum atomic E-state index is 8.59. The van der Waals surface area contributed by atoms with Gasteiger partial charge in [-0.2, -0.15) is 4.98 Å². The summed E-state index contributed by atoms with van der Waals surface area (Å²) in [6.45, 7) is 5.96. The molecule has 0 aliphatic rings. The van der Waals surface area contributed by atoms with Crippen LogP contribution < -0.4 is 10.6 Å². The van der Waals surface area contributed by atoms with Gasteiger partial charge in [0.15, 0.2) is 0 Å². The normalized spacial score (nSPS) is 10.1. The van der Waals surface area contributed by atoms with E-state index in [4.69, 9.17) is 5.53 Å². The number of rotatable bonds is 5. The summed E-state index contributed by atoms with van der Waals surface area (Å²) in [6, 6.07) is 13.5. The Hall–Kier alpha value is -3.57. The fourth-order valence-electron chi connectivity index (χ4n) is 2.63. The monoisotopic (exact) mass is 345 g/mol. The quantitative estimate of drug-likeness (QED) is 0.345. The van der Waals surface area contributed by atoms with Gasteiger partial charge in [0.05, 0.1) is 0 Å². The van der Waals surface area contributed by atoms with Crippen molar-refractivity contribution < 1.29 is 0 Å². The van der Waals surface area contributed by atoms with E-state index in [9.17, 15) is 0 Å². The molecule has 0 atom stereocenters. The zero-order valence-corrected chi connectivity index (χ0v) is 14.9. The molecule has 3 aromatic rings. The van der Waals surface area contributed by atoms with Crippen LogP contribution in [0.1, 0.15) is 16.7 Å². The van der Waals surface area contributed by atoms with Crippen molar-refractivity contribution in [1.82, 2.24) is 9.97 Å². The first-order valence-electron chi connectivity index (χ1n) is 8.15. The maximum absolute atomic E-state index is 8.59. The number of aryl methyl sites for hydroxylation is 3. The Labute approximate surface area is 151 Å². The van der Waals surface area contributed by atoms with Gasteiger partial charge in [0, 0.05) is 28.2 Å². The van der Waals surface area contributed by atoms with E-state index >= 15 is 0 Å². The molecule has 130 valence electrons. The summed E-state index contributed by atoms with van der Waals surface area (Å²) in [6.07, 6.45) is 1.70. The Balaban J connectivity index is 1.83. The standard InChI is InChI=1S/C19H19N7/c1-12-4-6-15(7-5-12)22-19-21-9-8-17(24-19)23-18-13(2)10-16(25-26-20)11-14(18)3/h4-11H,1-3H3,(H2,21,22,23,24). The molecule has 2 N–H and O–H groups in total. The number of hydrogen-bond donors (Lipinski definition) is 2. The average Bonchev–Trinajstić information content (AvgIpc) is 2.61. The first-order chi connectivity index (χ1) is 12.5. The van der Waals surface area contributed by atoms with Crippen LogP contribution in [0.25, 0.3) is 10.4 Å². The molecule has 0 amide bonds. The molecule has 0 saturated carbocycles. The summed E-state index contributed by atoms with van der Waals surface area (Å²) in [7, 11) is 0. The summed E-state index contributed by atoms with van der Waals surface area (Å²) in [5.41, 5.74) is 14.2. The molecule has 7 heteroatoms.